The van der Waals surface area contributed by atoms with Crippen LogP contribution >= 0.6 is 23.2 Å². The number of benzene rings is 3. The second-order valence-electron chi connectivity index (χ2n) is 7.98. The molecule has 180 valence electrons. The number of aryl methyl sites for hydroxylation is 1. The second kappa shape index (κ2) is 10.0. The van der Waals surface area contributed by atoms with Gasteiger partial charge in [-0.1, -0.05) is 41.4 Å². The van der Waals surface area contributed by atoms with Crippen molar-refractivity contribution in [2.24, 2.45) is 0 Å². The van der Waals surface area contributed by atoms with E-state index in [1.54, 1.807) is 36.4 Å². The van der Waals surface area contributed by atoms with Crippen LogP contribution in [0.1, 0.15) is 29.7 Å². The lowest BCUT2D eigenvalue weighted by Crippen LogP contribution is -2.29. The van der Waals surface area contributed by atoms with Crippen molar-refractivity contribution >= 4 is 46.3 Å². The smallest absolute Gasteiger partial charge is 0.300 e. The van der Waals surface area contributed by atoms with Gasteiger partial charge in [0.1, 0.15) is 5.76 Å². The number of ether oxygens (including phenoxy) is 2. The van der Waals surface area contributed by atoms with Crippen LogP contribution in [0.2, 0.25) is 10.0 Å². The number of rotatable bonds is 6. The van der Waals surface area contributed by atoms with E-state index < -0.39 is 17.7 Å². The Hall–Kier alpha value is -3.48. The molecular formula is C27H23Cl2NO5. The fourth-order valence-electron chi connectivity index (χ4n) is 4.12. The van der Waals surface area contributed by atoms with Crippen LogP contribution in [0.3, 0.4) is 0 Å². The summed E-state index contributed by atoms with van der Waals surface area (Å²) in [5.74, 6) is -0.956. The summed E-state index contributed by atoms with van der Waals surface area (Å²) in [6, 6.07) is 16.0. The molecular weight excluding hydrogens is 489 g/mol. The summed E-state index contributed by atoms with van der Waals surface area (Å²) in [7, 11) is 1.51. The molecule has 35 heavy (non-hydrogen) atoms. The molecule has 1 atom stereocenters. The van der Waals surface area contributed by atoms with Gasteiger partial charge >= 0.3 is 0 Å². The molecule has 1 aliphatic heterocycles. The first kappa shape index (κ1) is 24.6. The van der Waals surface area contributed by atoms with Gasteiger partial charge in [-0.2, -0.15) is 0 Å². The molecule has 3 aromatic carbocycles. The van der Waals surface area contributed by atoms with E-state index in [0.717, 1.165) is 5.56 Å². The number of hydrogen-bond donors (Lipinski definition) is 1. The highest BCUT2D eigenvalue weighted by Gasteiger charge is 2.47. The molecule has 3 aromatic rings. The molecule has 1 unspecified atom stereocenters. The van der Waals surface area contributed by atoms with Crippen molar-refractivity contribution in [3.05, 3.63) is 93.0 Å². The van der Waals surface area contributed by atoms with Gasteiger partial charge in [0.15, 0.2) is 11.5 Å². The maximum atomic E-state index is 13.3. The summed E-state index contributed by atoms with van der Waals surface area (Å²) in [4.78, 5) is 28.0. The maximum Gasteiger partial charge on any atom is 0.300 e. The zero-order chi connectivity index (χ0) is 25.3. The highest BCUT2D eigenvalue weighted by Crippen LogP contribution is 2.44. The molecule has 1 amide bonds. The molecule has 0 bridgehead atoms. The number of carbonyl (C=O) groups excluding carboxylic acids is 2. The largest absolute Gasteiger partial charge is 0.507 e. The third-order valence-corrected chi connectivity index (χ3v) is 6.46. The van der Waals surface area contributed by atoms with Crippen LogP contribution in [-0.4, -0.2) is 30.5 Å². The topological polar surface area (TPSA) is 76.1 Å². The van der Waals surface area contributed by atoms with Crippen molar-refractivity contribution in [2.45, 2.75) is 19.9 Å². The van der Waals surface area contributed by atoms with E-state index in [9.17, 15) is 14.7 Å². The predicted molar refractivity (Wildman–Crippen MR) is 137 cm³/mol. The number of hydrogen-bond acceptors (Lipinski definition) is 5. The van der Waals surface area contributed by atoms with Crippen LogP contribution in [0.4, 0.5) is 5.69 Å². The van der Waals surface area contributed by atoms with Gasteiger partial charge in [-0.15, -0.1) is 0 Å². The van der Waals surface area contributed by atoms with Crippen LogP contribution < -0.4 is 14.4 Å². The van der Waals surface area contributed by atoms with Gasteiger partial charge in [0.25, 0.3) is 11.7 Å². The molecule has 0 aliphatic carbocycles. The minimum absolute atomic E-state index is 0.0684. The van der Waals surface area contributed by atoms with Crippen molar-refractivity contribution in [3.63, 3.8) is 0 Å². The van der Waals surface area contributed by atoms with Crippen molar-refractivity contribution in [1.82, 2.24) is 0 Å². The Kier molecular flexibility index (Phi) is 7.05. The zero-order valence-corrected chi connectivity index (χ0v) is 20.9. The van der Waals surface area contributed by atoms with E-state index in [0.29, 0.717) is 34.4 Å². The van der Waals surface area contributed by atoms with E-state index in [1.807, 2.05) is 26.0 Å². The van der Waals surface area contributed by atoms with Gasteiger partial charge in [-0.3, -0.25) is 14.5 Å². The van der Waals surface area contributed by atoms with Crippen molar-refractivity contribution in [3.8, 4) is 11.5 Å². The van der Waals surface area contributed by atoms with E-state index in [1.165, 1.54) is 24.1 Å². The number of aliphatic hydroxyl groups excluding tert-OH is 1. The molecule has 0 radical (unpaired) electrons. The van der Waals surface area contributed by atoms with Gasteiger partial charge in [-0.25, -0.2) is 0 Å². The second-order valence-corrected chi connectivity index (χ2v) is 8.79. The molecule has 1 aliphatic rings. The predicted octanol–water partition coefficient (Wildman–Crippen LogP) is 6.34. The Balaban J connectivity index is 1.97. The summed E-state index contributed by atoms with van der Waals surface area (Å²) >= 11 is 12.2. The van der Waals surface area contributed by atoms with Crippen molar-refractivity contribution in [2.75, 3.05) is 18.6 Å². The Morgan fingerprint density at radius 3 is 2.43 bits per heavy atom. The summed E-state index contributed by atoms with van der Waals surface area (Å²) in [5, 5.41) is 11.8. The first-order valence-corrected chi connectivity index (χ1v) is 11.7. The summed E-state index contributed by atoms with van der Waals surface area (Å²) in [6.45, 7) is 4.19. The first-order valence-electron chi connectivity index (χ1n) is 10.9. The number of Topliss-reactive ketones (excluding diaryl/α,β-unsaturated/α-hetero) is 1. The average molecular weight is 512 g/mol. The Morgan fingerprint density at radius 1 is 1.00 bits per heavy atom. The standard InChI is InChI=1S/C27H23Cl2NO5/c1-4-35-21-11-9-16(14-22(21)34-3)24-23(25(31)17-8-10-19(28)20(29)13-17)26(32)27(33)30(24)18-7-5-6-15(2)12-18/h5-14,24,31H,4H2,1-3H3/b25-23-. The zero-order valence-electron chi connectivity index (χ0n) is 19.3. The molecule has 1 saturated heterocycles. The lowest BCUT2D eigenvalue weighted by Gasteiger charge is -2.26. The van der Waals surface area contributed by atoms with E-state index in [2.05, 4.69) is 0 Å². The quantitative estimate of drug-likeness (QED) is 0.237. The fraction of sp³-hybridized carbons (Fsp3) is 0.185. The molecule has 1 heterocycles. The van der Waals surface area contributed by atoms with Gasteiger partial charge < -0.3 is 14.6 Å². The van der Waals surface area contributed by atoms with E-state index in [-0.39, 0.29) is 21.9 Å². The molecule has 0 spiro atoms. The Labute approximate surface area is 213 Å². The molecule has 6 nitrogen and oxygen atoms in total. The first-order chi connectivity index (χ1) is 16.8. The lowest BCUT2D eigenvalue weighted by molar-refractivity contribution is -0.132. The number of anilines is 1. The molecule has 1 N–H and O–H groups in total. The highest BCUT2D eigenvalue weighted by atomic mass is 35.5. The number of amides is 1. The minimum atomic E-state index is -0.921. The number of aliphatic hydroxyl groups is 1. The van der Waals surface area contributed by atoms with Crippen LogP contribution in [-0.2, 0) is 9.59 Å². The number of halogens is 2. The Bertz CT molecular complexity index is 1350. The summed E-state index contributed by atoms with van der Waals surface area (Å²) in [6.07, 6.45) is 0. The third kappa shape index (κ3) is 4.59. The van der Waals surface area contributed by atoms with Gasteiger partial charge in [0.05, 0.1) is 35.4 Å². The van der Waals surface area contributed by atoms with E-state index >= 15 is 0 Å². The number of ketones is 1. The molecule has 1 fully saturated rings. The molecule has 4 rings (SSSR count). The van der Waals surface area contributed by atoms with Gasteiger partial charge in [-0.05, 0) is 67.4 Å². The SMILES string of the molecule is CCOc1ccc(C2/C(=C(/O)c3ccc(Cl)c(Cl)c3)C(=O)C(=O)N2c2cccc(C)c2)cc1OC. The maximum absolute atomic E-state index is 13.3. The number of nitrogens with zero attached hydrogens (tertiary/aromatic N) is 1. The average Bonchev–Trinajstić information content (AvgIpc) is 3.11. The lowest BCUT2D eigenvalue weighted by atomic mass is 9.94. The molecule has 0 aromatic heterocycles. The van der Waals surface area contributed by atoms with Crippen LogP contribution in [0.5, 0.6) is 11.5 Å². The van der Waals surface area contributed by atoms with E-state index in [4.69, 9.17) is 32.7 Å². The summed E-state index contributed by atoms with van der Waals surface area (Å²) in [5.41, 5.74) is 2.20. The normalized spacial score (nSPS) is 17.1. The number of methoxy groups -OCH3 is 1. The summed E-state index contributed by atoms with van der Waals surface area (Å²) < 4.78 is 11.1. The molecule has 8 heteroatoms. The minimum Gasteiger partial charge on any atom is -0.507 e. The van der Waals surface area contributed by atoms with Crippen molar-refractivity contribution in [1.29, 1.82) is 0 Å². The van der Waals surface area contributed by atoms with Gasteiger partial charge in [0, 0.05) is 11.3 Å². The monoisotopic (exact) mass is 511 g/mol. The Morgan fingerprint density at radius 2 is 1.77 bits per heavy atom. The van der Waals surface area contributed by atoms with Crippen LogP contribution in [0, 0.1) is 6.92 Å². The fourth-order valence-corrected chi connectivity index (χ4v) is 4.42. The molecule has 0 saturated carbocycles. The van der Waals surface area contributed by atoms with Crippen LogP contribution in [0.25, 0.3) is 5.76 Å². The number of carbonyl (C=O) groups is 2. The third-order valence-electron chi connectivity index (χ3n) is 5.72. The van der Waals surface area contributed by atoms with Crippen molar-refractivity contribution < 1.29 is 24.2 Å². The highest BCUT2D eigenvalue weighted by molar-refractivity contribution is 6.51. The van der Waals surface area contributed by atoms with Gasteiger partial charge in [0.2, 0.25) is 0 Å². The van der Waals surface area contributed by atoms with Crippen LogP contribution in [0.15, 0.2) is 66.2 Å².